The Morgan fingerprint density at radius 3 is 2.71 bits per heavy atom. The van der Waals surface area contributed by atoms with Gasteiger partial charge >= 0.3 is 0 Å². The lowest BCUT2D eigenvalue weighted by Gasteiger charge is -2.19. The van der Waals surface area contributed by atoms with Gasteiger partial charge in [-0.2, -0.15) is 0 Å². The van der Waals surface area contributed by atoms with Gasteiger partial charge in [0, 0.05) is 18.0 Å². The number of rotatable bonds is 2. The van der Waals surface area contributed by atoms with Crippen molar-refractivity contribution in [1.82, 2.24) is 0 Å². The van der Waals surface area contributed by atoms with Crippen LogP contribution in [0.15, 0.2) is 12.1 Å². The van der Waals surface area contributed by atoms with Crippen LogP contribution in [-0.4, -0.2) is 11.8 Å². The highest BCUT2D eigenvalue weighted by Crippen LogP contribution is 2.54. The molecular formula is C16H17FN2O2. The second-order valence-corrected chi connectivity index (χ2v) is 6.45. The number of hydrogen-bond donors (Lipinski definition) is 2. The number of benzene rings is 1. The predicted octanol–water partition coefficient (Wildman–Crippen LogP) is 2.70. The Balaban J connectivity index is 1.53. The molecule has 2 amide bonds. The average Bonchev–Trinajstić information content (AvgIpc) is 3.06. The summed E-state index contributed by atoms with van der Waals surface area (Å²) >= 11 is 0. The van der Waals surface area contributed by atoms with Crippen LogP contribution >= 0.6 is 0 Å². The van der Waals surface area contributed by atoms with Crippen molar-refractivity contribution in [2.45, 2.75) is 32.1 Å². The quantitative estimate of drug-likeness (QED) is 0.879. The van der Waals surface area contributed by atoms with Gasteiger partial charge in [0.15, 0.2) is 0 Å². The third-order valence-corrected chi connectivity index (χ3v) is 4.96. The van der Waals surface area contributed by atoms with Crippen molar-refractivity contribution in [2.24, 2.45) is 17.8 Å². The van der Waals surface area contributed by atoms with Crippen LogP contribution in [0.5, 0.6) is 0 Å². The molecule has 1 aromatic rings. The summed E-state index contributed by atoms with van der Waals surface area (Å²) < 4.78 is 14.1. The van der Waals surface area contributed by atoms with Gasteiger partial charge in [-0.3, -0.25) is 9.59 Å². The van der Waals surface area contributed by atoms with E-state index in [4.69, 9.17) is 0 Å². The topological polar surface area (TPSA) is 58.2 Å². The largest absolute Gasteiger partial charge is 0.326 e. The number of nitrogens with one attached hydrogen (secondary N) is 2. The van der Waals surface area contributed by atoms with E-state index in [1.165, 1.54) is 18.6 Å². The first-order valence-electron chi connectivity index (χ1n) is 7.53. The lowest BCUT2D eigenvalue weighted by atomic mass is 10.0. The van der Waals surface area contributed by atoms with Gasteiger partial charge in [0.25, 0.3) is 0 Å². The molecule has 2 saturated carbocycles. The summed E-state index contributed by atoms with van der Waals surface area (Å²) in [5.74, 6) is 0.854. The van der Waals surface area contributed by atoms with E-state index < -0.39 is 5.82 Å². The maximum Gasteiger partial charge on any atom is 0.227 e. The summed E-state index contributed by atoms with van der Waals surface area (Å²) in [5, 5.41) is 5.42. The highest BCUT2D eigenvalue weighted by Gasteiger charge is 2.48. The highest BCUT2D eigenvalue weighted by molar-refractivity contribution is 5.97. The van der Waals surface area contributed by atoms with Crippen molar-refractivity contribution in [1.29, 1.82) is 0 Å². The maximum absolute atomic E-state index is 14.1. The minimum Gasteiger partial charge on any atom is -0.326 e. The van der Waals surface area contributed by atoms with E-state index >= 15 is 0 Å². The lowest BCUT2D eigenvalue weighted by molar-refractivity contribution is -0.120. The summed E-state index contributed by atoms with van der Waals surface area (Å²) in [6, 6.07) is 2.95. The summed E-state index contributed by atoms with van der Waals surface area (Å²) in [6.07, 6.45) is 4.03. The van der Waals surface area contributed by atoms with Crippen molar-refractivity contribution in [2.75, 3.05) is 10.6 Å². The van der Waals surface area contributed by atoms with E-state index in [0.717, 1.165) is 18.4 Å². The number of anilines is 2. The number of aryl methyl sites for hydroxylation is 1. The van der Waals surface area contributed by atoms with E-state index in [9.17, 15) is 14.0 Å². The van der Waals surface area contributed by atoms with Crippen LogP contribution in [0.4, 0.5) is 15.8 Å². The third-order valence-electron chi connectivity index (χ3n) is 4.96. The number of carbonyl (C=O) groups is 2. The Hall–Kier alpha value is -1.91. The molecule has 21 heavy (non-hydrogen) atoms. The van der Waals surface area contributed by atoms with Crippen LogP contribution in [-0.2, 0) is 16.0 Å². The smallest absolute Gasteiger partial charge is 0.227 e. The van der Waals surface area contributed by atoms with E-state index in [1.54, 1.807) is 0 Å². The van der Waals surface area contributed by atoms with Crippen molar-refractivity contribution in [3.8, 4) is 0 Å². The Labute approximate surface area is 122 Å². The molecule has 0 saturated heterocycles. The minimum atomic E-state index is -0.429. The molecule has 2 aliphatic carbocycles. The summed E-state index contributed by atoms with van der Waals surface area (Å²) in [6.45, 7) is 0. The number of fused-ring (bicyclic) bond motifs is 2. The van der Waals surface area contributed by atoms with Gasteiger partial charge in [-0.25, -0.2) is 4.39 Å². The Bertz CT molecular complexity index is 633. The van der Waals surface area contributed by atoms with Gasteiger partial charge in [-0.15, -0.1) is 0 Å². The molecule has 2 unspecified atom stereocenters. The van der Waals surface area contributed by atoms with Crippen molar-refractivity contribution < 1.29 is 14.0 Å². The zero-order valence-electron chi connectivity index (χ0n) is 11.6. The molecule has 4 nitrogen and oxygen atoms in total. The Morgan fingerprint density at radius 2 is 1.95 bits per heavy atom. The number of hydrogen-bond acceptors (Lipinski definition) is 2. The summed E-state index contributed by atoms with van der Waals surface area (Å²) in [7, 11) is 0. The molecular weight excluding hydrogens is 271 g/mol. The predicted molar refractivity (Wildman–Crippen MR) is 76.3 cm³/mol. The van der Waals surface area contributed by atoms with E-state index in [-0.39, 0.29) is 23.4 Å². The van der Waals surface area contributed by atoms with Crippen LogP contribution < -0.4 is 10.6 Å². The number of amides is 2. The fourth-order valence-electron chi connectivity index (χ4n) is 3.66. The zero-order valence-corrected chi connectivity index (χ0v) is 11.6. The fourth-order valence-corrected chi connectivity index (χ4v) is 3.66. The first-order valence-corrected chi connectivity index (χ1v) is 7.53. The Kier molecular flexibility index (Phi) is 2.77. The lowest BCUT2D eigenvalue weighted by Crippen LogP contribution is -2.23. The maximum atomic E-state index is 14.1. The first kappa shape index (κ1) is 12.8. The zero-order chi connectivity index (χ0) is 14.6. The summed E-state index contributed by atoms with van der Waals surface area (Å²) in [5.41, 5.74) is 1.56. The fraction of sp³-hybridized carbons (Fsp3) is 0.500. The molecule has 1 heterocycles. The van der Waals surface area contributed by atoms with Crippen LogP contribution in [0.3, 0.4) is 0 Å². The molecule has 3 aliphatic rings. The molecule has 0 spiro atoms. The second-order valence-electron chi connectivity index (χ2n) is 6.45. The van der Waals surface area contributed by atoms with Crippen molar-refractivity contribution in [3.05, 3.63) is 23.5 Å². The molecule has 1 aromatic carbocycles. The van der Waals surface area contributed by atoms with Gasteiger partial charge in [0.05, 0.1) is 5.69 Å². The number of halogens is 1. The normalized spacial score (nSPS) is 29.4. The van der Waals surface area contributed by atoms with Crippen molar-refractivity contribution in [3.63, 3.8) is 0 Å². The third kappa shape index (κ3) is 2.30. The molecule has 1 aliphatic heterocycles. The SMILES string of the molecule is O=C1CCc2cc(F)c(NC(=O)C3CC4CC4C3)cc2N1. The molecule has 0 radical (unpaired) electrons. The average molecular weight is 288 g/mol. The van der Waals surface area contributed by atoms with Crippen LogP contribution in [0, 0.1) is 23.6 Å². The van der Waals surface area contributed by atoms with Gasteiger partial charge < -0.3 is 10.6 Å². The number of carbonyl (C=O) groups excluding carboxylic acids is 2. The molecule has 2 N–H and O–H groups in total. The highest BCUT2D eigenvalue weighted by atomic mass is 19.1. The van der Waals surface area contributed by atoms with Crippen LogP contribution in [0.25, 0.3) is 0 Å². The van der Waals surface area contributed by atoms with E-state index in [2.05, 4.69) is 10.6 Å². The second kappa shape index (κ2) is 4.55. The molecule has 0 bridgehead atoms. The molecule has 4 rings (SSSR count). The molecule has 110 valence electrons. The van der Waals surface area contributed by atoms with Gasteiger partial charge in [-0.1, -0.05) is 0 Å². The summed E-state index contributed by atoms with van der Waals surface area (Å²) in [4.78, 5) is 23.6. The standard InChI is InChI=1S/C16H17FN2O2/c17-12-6-8-1-2-15(20)18-13(8)7-14(12)19-16(21)11-4-9-3-10(9)5-11/h6-7,9-11H,1-5H2,(H,18,20)(H,19,21). The molecule has 5 heteroatoms. The van der Waals surface area contributed by atoms with Crippen molar-refractivity contribution >= 4 is 23.2 Å². The van der Waals surface area contributed by atoms with Crippen LogP contribution in [0.1, 0.15) is 31.2 Å². The Morgan fingerprint density at radius 1 is 1.19 bits per heavy atom. The first-order chi connectivity index (χ1) is 10.1. The molecule has 0 aromatic heterocycles. The van der Waals surface area contributed by atoms with Gasteiger partial charge in [0.2, 0.25) is 11.8 Å². The van der Waals surface area contributed by atoms with Gasteiger partial charge in [-0.05, 0) is 55.2 Å². The minimum absolute atomic E-state index is 0.0128. The van der Waals surface area contributed by atoms with E-state index in [0.29, 0.717) is 30.4 Å². The van der Waals surface area contributed by atoms with E-state index in [1.807, 2.05) is 0 Å². The molecule has 2 atom stereocenters. The monoisotopic (exact) mass is 288 g/mol. The van der Waals surface area contributed by atoms with Gasteiger partial charge in [0.1, 0.15) is 5.82 Å². The van der Waals surface area contributed by atoms with Crippen LogP contribution in [0.2, 0.25) is 0 Å². The molecule has 2 fully saturated rings.